The summed E-state index contributed by atoms with van der Waals surface area (Å²) in [6.45, 7) is 5.25. The van der Waals surface area contributed by atoms with Crippen molar-refractivity contribution in [1.82, 2.24) is 10.2 Å². The molecule has 8 nitrogen and oxygen atoms in total. The van der Waals surface area contributed by atoms with Gasteiger partial charge in [0.25, 0.3) is 0 Å². The lowest BCUT2D eigenvalue weighted by atomic mass is 10.0. The Kier molecular flexibility index (Phi) is 5.86. The number of urea groups is 1. The molecule has 30 heavy (non-hydrogen) atoms. The Balaban J connectivity index is 1.70. The van der Waals surface area contributed by atoms with E-state index in [0.717, 1.165) is 21.6 Å². The Morgan fingerprint density at radius 3 is 2.27 bits per heavy atom. The van der Waals surface area contributed by atoms with E-state index in [1.54, 1.807) is 12.1 Å². The molecule has 156 valence electrons. The zero-order valence-electron chi connectivity index (χ0n) is 17.3. The van der Waals surface area contributed by atoms with Crippen molar-refractivity contribution < 1.29 is 23.9 Å². The summed E-state index contributed by atoms with van der Waals surface area (Å²) in [5.41, 5.74) is 3.37. The van der Waals surface area contributed by atoms with Gasteiger partial charge in [-0.1, -0.05) is 18.2 Å². The maximum atomic E-state index is 12.7. The van der Waals surface area contributed by atoms with E-state index in [2.05, 4.69) is 5.32 Å². The molecule has 0 spiro atoms. The number of benzene rings is 2. The molecule has 1 fully saturated rings. The molecule has 0 aliphatic carbocycles. The Morgan fingerprint density at radius 1 is 1.00 bits per heavy atom. The molecule has 8 heteroatoms. The Morgan fingerprint density at radius 2 is 1.67 bits per heavy atom. The van der Waals surface area contributed by atoms with Gasteiger partial charge in [0.1, 0.15) is 12.3 Å². The maximum absolute atomic E-state index is 12.7. The molecule has 0 unspecified atom stereocenters. The van der Waals surface area contributed by atoms with Crippen LogP contribution in [0.25, 0.3) is 0 Å². The molecule has 1 aliphatic heterocycles. The smallest absolute Gasteiger partial charge is 0.339 e. The topological polar surface area (TPSA) is 96.0 Å². The van der Waals surface area contributed by atoms with Gasteiger partial charge in [0.2, 0.25) is 5.91 Å². The molecule has 0 aromatic heterocycles. The fraction of sp³-hybridized carbons (Fsp3) is 0.273. The van der Waals surface area contributed by atoms with Crippen molar-refractivity contribution in [1.29, 1.82) is 0 Å². The van der Waals surface area contributed by atoms with Crippen LogP contribution in [0, 0.1) is 13.8 Å². The fourth-order valence-corrected chi connectivity index (χ4v) is 3.15. The third kappa shape index (κ3) is 4.03. The summed E-state index contributed by atoms with van der Waals surface area (Å²) in [4.78, 5) is 51.1. The van der Waals surface area contributed by atoms with Crippen molar-refractivity contribution in [3.8, 4) is 5.75 Å². The number of methoxy groups -OCH3 is 1. The number of carbonyl (C=O) groups excluding carboxylic acids is 4. The zero-order chi connectivity index (χ0) is 22.0. The first-order valence-electron chi connectivity index (χ1n) is 9.43. The minimum Gasteiger partial charge on any atom is -0.497 e. The van der Waals surface area contributed by atoms with E-state index in [1.807, 2.05) is 39.0 Å². The molecule has 1 aliphatic rings. The number of aryl methyl sites for hydroxylation is 2. The summed E-state index contributed by atoms with van der Waals surface area (Å²) in [6.07, 6.45) is 0. The van der Waals surface area contributed by atoms with Crippen LogP contribution in [0.15, 0.2) is 42.5 Å². The van der Waals surface area contributed by atoms with E-state index in [-0.39, 0.29) is 11.7 Å². The van der Waals surface area contributed by atoms with E-state index in [0.29, 0.717) is 10.6 Å². The highest BCUT2D eigenvalue weighted by Gasteiger charge is 2.46. The second-order valence-electron chi connectivity index (χ2n) is 7.15. The van der Waals surface area contributed by atoms with Crippen LogP contribution in [0.5, 0.6) is 5.75 Å². The van der Waals surface area contributed by atoms with Crippen LogP contribution in [0.1, 0.15) is 29.7 Å². The summed E-state index contributed by atoms with van der Waals surface area (Å²) in [7, 11) is 1.49. The van der Waals surface area contributed by atoms with Gasteiger partial charge in [-0.2, -0.15) is 0 Å². The van der Waals surface area contributed by atoms with Crippen LogP contribution < -0.4 is 15.0 Å². The van der Waals surface area contributed by atoms with E-state index < -0.39 is 30.3 Å². The molecule has 0 bridgehead atoms. The zero-order valence-corrected chi connectivity index (χ0v) is 17.3. The number of nitrogens with zero attached hydrogens (tertiary/aromatic N) is 2. The summed E-state index contributed by atoms with van der Waals surface area (Å²) in [5, 5.41) is 2.76. The quantitative estimate of drug-likeness (QED) is 0.584. The van der Waals surface area contributed by atoms with Crippen LogP contribution in [0.3, 0.4) is 0 Å². The monoisotopic (exact) mass is 409 g/mol. The van der Waals surface area contributed by atoms with Gasteiger partial charge in [0.05, 0.1) is 18.8 Å². The molecule has 2 aromatic carbocycles. The van der Waals surface area contributed by atoms with Gasteiger partial charge in [-0.3, -0.25) is 14.4 Å². The second kappa shape index (κ2) is 8.36. The van der Waals surface area contributed by atoms with E-state index >= 15 is 0 Å². The molecule has 1 heterocycles. The standard InChI is InChI=1S/C22H23N3O5/c1-13-5-6-16(11-14(13)2)15(3)23-19(26)12-24-20(27)21(28)25(22(24)29)17-7-9-18(30-4)10-8-17/h5-11,15H,12H2,1-4H3,(H,23,26)/t15-/m0/s1. The summed E-state index contributed by atoms with van der Waals surface area (Å²) >= 11 is 0. The molecule has 1 atom stereocenters. The van der Waals surface area contributed by atoms with Crippen molar-refractivity contribution in [3.05, 3.63) is 59.2 Å². The molecule has 0 radical (unpaired) electrons. The van der Waals surface area contributed by atoms with E-state index in [9.17, 15) is 19.2 Å². The number of amides is 5. The highest BCUT2D eigenvalue weighted by Crippen LogP contribution is 2.24. The van der Waals surface area contributed by atoms with Gasteiger partial charge >= 0.3 is 17.8 Å². The van der Waals surface area contributed by atoms with E-state index in [1.165, 1.54) is 19.2 Å². The lowest BCUT2D eigenvalue weighted by Gasteiger charge is -2.18. The van der Waals surface area contributed by atoms with Gasteiger partial charge in [-0.05, 0) is 61.7 Å². The van der Waals surface area contributed by atoms with Crippen LogP contribution in [-0.2, 0) is 14.4 Å². The lowest BCUT2D eigenvalue weighted by Crippen LogP contribution is -2.42. The highest BCUT2D eigenvalue weighted by atomic mass is 16.5. The number of hydrogen-bond acceptors (Lipinski definition) is 5. The first kappa shape index (κ1) is 21.0. The van der Waals surface area contributed by atoms with Crippen LogP contribution in [0.4, 0.5) is 10.5 Å². The molecule has 5 amide bonds. The largest absolute Gasteiger partial charge is 0.497 e. The average molecular weight is 409 g/mol. The number of anilines is 1. The third-order valence-electron chi connectivity index (χ3n) is 5.09. The van der Waals surface area contributed by atoms with Crippen LogP contribution in [0.2, 0.25) is 0 Å². The van der Waals surface area contributed by atoms with Crippen molar-refractivity contribution >= 4 is 29.4 Å². The number of ether oxygens (including phenoxy) is 1. The molecule has 1 N–H and O–H groups in total. The summed E-state index contributed by atoms with van der Waals surface area (Å²) in [5.74, 6) is -2.03. The van der Waals surface area contributed by atoms with Crippen LogP contribution in [-0.4, -0.2) is 42.3 Å². The molecule has 0 saturated carbocycles. The van der Waals surface area contributed by atoms with Gasteiger partial charge in [-0.15, -0.1) is 0 Å². The van der Waals surface area contributed by atoms with Crippen molar-refractivity contribution in [2.24, 2.45) is 0 Å². The fourth-order valence-electron chi connectivity index (χ4n) is 3.15. The Labute approximate surface area is 174 Å². The Hall–Kier alpha value is -3.68. The molecular formula is C22H23N3O5. The summed E-state index contributed by atoms with van der Waals surface area (Å²) < 4.78 is 5.05. The highest BCUT2D eigenvalue weighted by molar-refractivity contribution is 6.53. The predicted octanol–water partition coefficient (Wildman–Crippen LogP) is 2.48. The Bertz CT molecular complexity index is 1020. The van der Waals surface area contributed by atoms with Gasteiger partial charge in [-0.25, -0.2) is 14.6 Å². The number of rotatable bonds is 6. The van der Waals surface area contributed by atoms with Gasteiger partial charge in [0.15, 0.2) is 0 Å². The van der Waals surface area contributed by atoms with Crippen molar-refractivity contribution in [2.75, 3.05) is 18.6 Å². The number of nitrogens with one attached hydrogen (secondary N) is 1. The molecule has 3 rings (SSSR count). The van der Waals surface area contributed by atoms with E-state index in [4.69, 9.17) is 4.74 Å². The lowest BCUT2D eigenvalue weighted by molar-refractivity contribution is -0.140. The first-order valence-corrected chi connectivity index (χ1v) is 9.43. The minimum atomic E-state index is -1.04. The normalized spacial score (nSPS) is 14.9. The number of hydrogen-bond donors (Lipinski definition) is 1. The van der Waals surface area contributed by atoms with Crippen molar-refractivity contribution in [3.63, 3.8) is 0 Å². The summed E-state index contributed by atoms with van der Waals surface area (Å²) in [6, 6.07) is 10.8. The molecule has 1 saturated heterocycles. The SMILES string of the molecule is COc1ccc(N2C(=O)C(=O)N(CC(=O)N[C@@H](C)c3ccc(C)c(C)c3)C2=O)cc1. The average Bonchev–Trinajstić information content (AvgIpc) is 2.93. The van der Waals surface area contributed by atoms with Gasteiger partial charge < -0.3 is 10.1 Å². The number of carbonyl (C=O) groups is 4. The van der Waals surface area contributed by atoms with Gasteiger partial charge in [0, 0.05) is 0 Å². The molecule has 2 aromatic rings. The molecular weight excluding hydrogens is 386 g/mol. The maximum Gasteiger partial charge on any atom is 0.339 e. The van der Waals surface area contributed by atoms with Crippen molar-refractivity contribution in [2.45, 2.75) is 26.8 Å². The first-order chi connectivity index (χ1) is 14.2. The minimum absolute atomic E-state index is 0.227. The predicted molar refractivity (Wildman–Crippen MR) is 110 cm³/mol. The third-order valence-corrected chi connectivity index (χ3v) is 5.09. The van der Waals surface area contributed by atoms with Crippen LogP contribution >= 0.6 is 0 Å². The second-order valence-corrected chi connectivity index (χ2v) is 7.15. The number of imide groups is 2.